The van der Waals surface area contributed by atoms with E-state index in [1.807, 2.05) is 56.6 Å². The van der Waals surface area contributed by atoms with E-state index in [9.17, 15) is 4.79 Å². The lowest BCUT2D eigenvalue weighted by molar-refractivity contribution is -0.121. The van der Waals surface area contributed by atoms with Gasteiger partial charge in [0.05, 0.1) is 13.2 Å². The summed E-state index contributed by atoms with van der Waals surface area (Å²) in [5, 5.41) is 3.05. The summed E-state index contributed by atoms with van der Waals surface area (Å²) in [5.74, 6) is 0.893. The zero-order valence-electron chi connectivity index (χ0n) is 14.7. The average molecular weight is 326 g/mol. The molecule has 0 fully saturated rings. The molecule has 0 radical (unpaired) electrons. The van der Waals surface area contributed by atoms with Crippen LogP contribution in [0.3, 0.4) is 0 Å². The van der Waals surface area contributed by atoms with Gasteiger partial charge in [0.15, 0.2) is 0 Å². The molecule has 0 saturated carbocycles. The Morgan fingerprint density at radius 1 is 1.08 bits per heavy atom. The fourth-order valence-corrected chi connectivity index (χ4v) is 2.73. The quantitative estimate of drug-likeness (QED) is 0.811. The van der Waals surface area contributed by atoms with Crippen molar-refractivity contribution in [3.63, 3.8) is 0 Å². The van der Waals surface area contributed by atoms with Crippen LogP contribution in [0.25, 0.3) is 0 Å². The van der Waals surface area contributed by atoms with Gasteiger partial charge in [-0.15, -0.1) is 0 Å². The average Bonchev–Trinajstić information content (AvgIpc) is 2.61. The molecule has 0 aromatic heterocycles. The Morgan fingerprint density at radius 3 is 2.42 bits per heavy atom. The molecule has 24 heavy (non-hydrogen) atoms. The van der Waals surface area contributed by atoms with Gasteiger partial charge in [0.2, 0.25) is 5.91 Å². The van der Waals surface area contributed by atoms with Crippen LogP contribution < -0.4 is 10.1 Å². The van der Waals surface area contributed by atoms with E-state index in [1.54, 1.807) is 7.11 Å². The molecule has 4 heteroatoms. The highest BCUT2D eigenvalue weighted by Crippen LogP contribution is 2.19. The maximum absolute atomic E-state index is 12.2. The number of carbonyl (C=O) groups excluding carboxylic acids is 1. The summed E-state index contributed by atoms with van der Waals surface area (Å²) in [4.78, 5) is 14.3. The van der Waals surface area contributed by atoms with Crippen molar-refractivity contribution in [1.82, 2.24) is 10.2 Å². The highest BCUT2D eigenvalue weighted by atomic mass is 16.5. The first-order valence-electron chi connectivity index (χ1n) is 8.21. The van der Waals surface area contributed by atoms with E-state index >= 15 is 0 Å². The lowest BCUT2D eigenvalue weighted by atomic mass is 10.1. The summed E-state index contributed by atoms with van der Waals surface area (Å²) in [6.07, 6.45) is 1.13. The van der Waals surface area contributed by atoms with Crippen LogP contribution in [-0.4, -0.2) is 38.6 Å². The molecule has 1 unspecified atom stereocenters. The molecule has 1 amide bonds. The molecule has 2 aromatic rings. The number of carbonyl (C=O) groups is 1. The van der Waals surface area contributed by atoms with E-state index in [-0.39, 0.29) is 11.9 Å². The molecule has 1 N–H and O–H groups in total. The number of hydrogen-bond donors (Lipinski definition) is 1. The van der Waals surface area contributed by atoms with Gasteiger partial charge in [-0.3, -0.25) is 4.79 Å². The van der Waals surface area contributed by atoms with Crippen LogP contribution in [-0.2, 0) is 11.2 Å². The number of hydrogen-bond acceptors (Lipinski definition) is 3. The predicted molar refractivity (Wildman–Crippen MR) is 97.2 cm³/mol. The molecule has 0 bridgehead atoms. The molecule has 4 nitrogen and oxygen atoms in total. The SMILES string of the molecule is COc1ccccc1CCC(=O)NCC(c1ccccc1)N(C)C. The van der Waals surface area contributed by atoms with E-state index < -0.39 is 0 Å². The van der Waals surface area contributed by atoms with Crippen molar-refractivity contribution in [3.8, 4) is 5.75 Å². The minimum Gasteiger partial charge on any atom is -0.496 e. The van der Waals surface area contributed by atoms with Gasteiger partial charge in [0.1, 0.15) is 5.75 Å². The lowest BCUT2D eigenvalue weighted by Gasteiger charge is -2.25. The second-order valence-electron chi connectivity index (χ2n) is 6.01. The van der Waals surface area contributed by atoms with Gasteiger partial charge in [-0.25, -0.2) is 0 Å². The Hall–Kier alpha value is -2.33. The zero-order valence-corrected chi connectivity index (χ0v) is 14.7. The number of nitrogens with one attached hydrogen (secondary N) is 1. The molecule has 0 aliphatic heterocycles. The number of benzene rings is 2. The summed E-state index contributed by atoms with van der Waals surface area (Å²) >= 11 is 0. The first-order chi connectivity index (χ1) is 11.6. The topological polar surface area (TPSA) is 41.6 Å². The van der Waals surface area contributed by atoms with Crippen LogP contribution in [0.15, 0.2) is 54.6 Å². The summed E-state index contributed by atoms with van der Waals surface area (Å²) in [5.41, 5.74) is 2.26. The lowest BCUT2D eigenvalue weighted by Crippen LogP contribution is -2.34. The number of likely N-dealkylation sites (N-methyl/N-ethyl adjacent to an activating group) is 1. The van der Waals surface area contributed by atoms with Crippen molar-refractivity contribution >= 4 is 5.91 Å². The molecular formula is C20H26N2O2. The third kappa shape index (κ3) is 5.10. The van der Waals surface area contributed by atoms with Crippen LogP contribution in [0, 0.1) is 0 Å². The summed E-state index contributed by atoms with van der Waals surface area (Å²) < 4.78 is 5.33. The smallest absolute Gasteiger partial charge is 0.220 e. The van der Waals surface area contributed by atoms with E-state index in [0.717, 1.165) is 11.3 Å². The van der Waals surface area contributed by atoms with Gasteiger partial charge in [-0.05, 0) is 37.7 Å². The molecule has 0 aliphatic rings. The van der Waals surface area contributed by atoms with Crippen molar-refractivity contribution in [2.75, 3.05) is 27.7 Å². The molecule has 0 heterocycles. The van der Waals surface area contributed by atoms with Gasteiger partial charge < -0.3 is 15.0 Å². The van der Waals surface area contributed by atoms with E-state index in [4.69, 9.17) is 4.74 Å². The largest absolute Gasteiger partial charge is 0.496 e. The first kappa shape index (κ1) is 18.0. The minimum atomic E-state index is 0.0590. The van der Waals surface area contributed by atoms with Crippen molar-refractivity contribution in [2.45, 2.75) is 18.9 Å². The fourth-order valence-electron chi connectivity index (χ4n) is 2.73. The van der Waals surface area contributed by atoms with Crippen molar-refractivity contribution in [1.29, 1.82) is 0 Å². The molecular weight excluding hydrogens is 300 g/mol. The molecule has 0 saturated heterocycles. The standard InChI is InChI=1S/C20H26N2O2/c1-22(2)18(16-9-5-4-6-10-16)15-21-20(23)14-13-17-11-7-8-12-19(17)24-3/h4-12,18H,13-15H2,1-3H3,(H,21,23). The second-order valence-corrected chi connectivity index (χ2v) is 6.01. The number of ether oxygens (including phenoxy) is 1. The number of nitrogens with zero attached hydrogens (tertiary/aromatic N) is 1. The Labute approximate surface area is 144 Å². The highest BCUT2D eigenvalue weighted by molar-refractivity contribution is 5.76. The monoisotopic (exact) mass is 326 g/mol. The van der Waals surface area contributed by atoms with Crippen LogP contribution in [0.1, 0.15) is 23.6 Å². The predicted octanol–water partition coefficient (Wildman–Crippen LogP) is 3.05. The maximum atomic E-state index is 12.2. The van der Waals surface area contributed by atoms with Crippen LogP contribution in [0.2, 0.25) is 0 Å². The van der Waals surface area contributed by atoms with E-state index in [1.165, 1.54) is 5.56 Å². The fraction of sp³-hybridized carbons (Fsp3) is 0.350. The maximum Gasteiger partial charge on any atom is 0.220 e. The van der Waals surface area contributed by atoms with Crippen molar-refractivity contribution < 1.29 is 9.53 Å². The molecule has 1 atom stereocenters. The first-order valence-corrected chi connectivity index (χ1v) is 8.21. The van der Waals surface area contributed by atoms with Gasteiger partial charge >= 0.3 is 0 Å². The number of aryl methyl sites for hydroxylation is 1. The number of amides is 1. The van der Waals surface area contributed by atoms with E-state index in [0.29, 0.717) is 19.4 Å². The van der Waals surface area contributed by atoms with Crippen molar-refractivity contribution in [3.05, 3.63) is 65.7 Å². The molecule has 2 rings (SSSR count). The van der Waals surface area contributed by atoms with Crippen LogP contribution in [0.5, 0.6) is 5.75 Å². The van der Waals surface area contributed by atoms with Crippen LogP contribution >= 0.6 is 0 Å². The van der Waals surface area contributed by atoms with Crippen LogP contribution in [0.4, 0.5) is 0 Å². The number of methoxy groups -OCH3 is 1. The van der Waals surface area contributed by atoms with Gasteiger partial charge in [0, 0.05) is 13.0 Å². The zero-order chi connectivity index (χ0) is 17.4. The number of para-hydroxylation sites is 1. The Bertz CT molecular complexity index is 641. The van der Waals surface area contributed by atoms with Gasteiger partial charge in [-0.1, -0.05) is 48.5 Å². The number of rotatable bonds is 8. The van der Waals surface area contributed by atoms with E-state index in [2.05, 4.69) is 22.3 Å². The normalized spacial score (nSPS) is 12.0. The Balaban J connectivity index is 1.87. The highest BCUT2D eigenvalue weighted by Gasteiger charge is 2.15. The van der Waals surface area contributed by atoms with Gasteiger partial charge in [-0.2, -0.15) is 0 Å². The Kier molecular flexibility index (Phi) is 6.82. The van der Waals surface area contributed by atoms with Gasteiger partial charge in [0.25, 0.3) is 0 Å². The molecule has 128 valence electrons. The third-order valence-electron chi connectivity index (χ3n) is 4.11. The van der Waals surface area contributed by atoms with Crippen molar-refractivity contribution in [2.24, 2.45) is 0 Å². The molecule has 2 aromatic carbocycles. The molecule has 0 spiro atoms. The summed E-state index contributed by atoms with van der Waals surface area (Å²) in [6.45, 7) is 0.599. The summed E-state index contributed by atoms with van der Waals surface area (Å²) in [6, 6.07) is 18.2. The summed E-state index contributed by atoms with van der Waals surface area (Å²) in [7, 11) is 5.71. The Morgan fingerprint density at radius 2 is 1.75 bits per heavy atom. The second kappa shape index (κ2) is 9.08. The molecule has 0 aliphatic carbocycles. The third-order valence-corrected chi connectivity index (χ3v) is 4.11. The minimum absolute atomic E-state index is 0.0590.